The van der Waals surface area contributed by atoms with E-state index in [0.29, 0.717) is 16.7 Å². The summed E-state index contributed by atoms with van der Waals surface area (Å²) < 4.78 is 13.9. The summed E-state index contributed by atoms with van der Waals surface area (Å²) in [6.07, 6.45) is 3.23. The summed E-state index contributed by atoms with van der Waals surface area (Å²) in [6.45, 7) is 5.47. The summed E-state index contributed by atoms with van der Waals surface area (Å²) in [6, 6.07) is 11.2. The summed E-state index contributed by atoms with van der Waals surface area (Å²) >= 11 is 0. The van der Waals surface area contributed by atoms with Crippen molar-refractivity contribution >= 4 is 17.5 Å². The molecule has 152 valence electrons. The Morgan fingerprint density at radius 2 is 1.86 bits per heavy atom. The van der Waals surface area contributed by atoms with Gasteiger partial charge in [0.15, 0.2) is 0 Å². The Labute approximate surface area is 170 Å². The third-order valence-electron chi connectivity index (χ3n) is 6.29. The van der Waals surface area contributed by atoms with Gasteiger partial charge < -0.3 is 15.5 Å². The molecule has 2 aliphatic rings. The van der Waals surface area contributed by atoms with Crippen LogP contribution in [0.4, 0.5) is 10.1 Å². The molecule has 2 fully saturated rings. The van der Waals surface area contributed by atoms with E-state index >= 15 is 0 Å². The fourth-order valence-corrected chi connectivity index (χ4v) is 4.31. The van der Waals surface area contributed by atoms with E-state index < -0.39 is 11.7 Å². The molecule has 1 spiro atoms. The smallest absolute Gasteiger partial charge is 0.258 e. The summed E-state index contributed by atoms with van der Waals surface area (Å²) in [7, 11) is 0. The van der Waals surface area contributed by atoms with Crippen LogP contribution in [0.3, 0.4) is 0 Å². The number of carbonyl (C=O) groups is 2. The quantitative estimate of drug-likeness (QED) is 0.835. The SMILES string of the molecule is Cc1ccc(C(=O)N2CCC3(CCNC3)CC2)cc1NC(=O)c1ccccc1F. The molecular weight excluding hydrogens is 369 g/mol. The maximum atomic E-state index is 13.9. The number of carbonyl (C=O) groups excluding carboxylic acids is 2. The second kappa shape index (κ2) is 7.95. The number of anilines is 1. The van der Waals surface area contributed by atoms with Crippen molar-refractivity contribution in [3.05, 3.63) is 65.0 Å². The number of rotatable bonds is 3. The van der Waals surface area contributed by atoms with Crippen LogP contribution in [0, 0.1) is 18.2 Å². The molecule has 2 aromatic rings. The summed E-state index contributed by atoms with van der Waals surface area (Å²) in [5, 5.41) is 6.18. The van der Waals surface area contributed by atoms with E-state index in [-0.39, 0.29) is 11.5 Å². The van der Waals surface area contributed by atoms with Crippen molar-refractivity contribution in [3.8, 4) is 0 Å². The van der Waals surface area contributed by atoms with Gasteiger partial charge in [0.2, 0.25) is 0 Å². The highest BCUT2D eigenvalue weighted by Gasteiger charge is 2.38. The molecule has 0 aromatic heterocycles. The molecule has 2 amide bonds. The summed E-state index contributed by atoms with van der Waals surface area (Å²) in [5.41, 5.74) is 2.22. The monoisotopic (exact) mass is 395 g/mol. The molecule has 0 atom stereocenters. The van der Waals surface area contributed by atoms with E-state index in [1.54, 1.807) is 24.3 Å². The Bertz CT molecular complexity index is 927. The second-order valence-corrected chi connectivity index (χ2v) is 8.18. The highest BCUT2D eigenvalue weighted by atomic mass is 19.1. The van der Waals surface area contributed by atoms with Gasteiger partial charge >= 0.3 is 0 Å². The molecule has 0 unspecified atom stereocenters. The van der Waals surface area contributed by atoms with Crippen molar-refractivity contribution in [3.63, 3.8) is 0 Å². The lowest BCUT2D eigenvalue weighted by molar-refractivity contribution is 0.0607. The van der Waals surface area contributed by atoms with E-state index in [4.69, 9.17) is 0 Å². The van der Waals surface area contributed by atoms with Gasteiger partial charge in [-0.1, -0.05) is 18.2 Å². The minimum absolute atomic E-state index is 0.0184. The van der Waals surface area contributed by atoms with Crippen LogP contribution in [0.2, 0.25) is 0 Å². The summed E-state index contributed by atoms with van der Waals surface area (Å²) in [5.74, 6) is -1.12. The van der Waals surface area contributed by atoms with Crippen molar-refractivity contribution in [1.29, 1.82) is 0 Å². The molecule has 5 nitrogen and oxygen atoms in total. The van der Waals surface area contributed by atoms with E-state index in [1.807, 2.05) is 17.9 Å². The Kier molecular flexibility index (Phi) is 5.37. The van der Waals surface area contributed by atoms with Crippen LogP contribution < -0.4 is 10.6 Å². The van der Waals surface area contributed by atoms with Gasteiger partial charge in [-0.3, -0.25) is 9.59 Å². The van der Waals surface area contributed by atoms with Crippen molar-refractivity contribution in [2.24, 2.45) is 5.41 Å². The third kappa shape index (κ3) is 4.03. The number of halogens is 1. The molecule has 6 heteroatoms. The van der Waals surface area contributed by atoms with Crippen LogP contribution >= 0.6 is 0 Å². The molecule has 0 saturated carbocycles. The molecule has 4 rings (SSSR count). The average Bonchev–Trinajstić information content (AvgIpc) is 3.18. The molecule has 2 aromatic carbocycles. The Hall–Kier alpha value is -2.73. The number of piperidine rings is 1. The lowest BCUT2D eigenvalue weighted by Gasteiger charge is -2.39. The van der Waals surface area contributed by atoms with Gasteiger partial charge in [-0.2, -0.15) is 0 Å². The Balaban J connectivity index is 1.47. The van der Waals surface area contributed by atoms with Crippen LogP contribution in [0.1, 0.15) is 45.5 Å². The largest absolute Gasteiger partial charge is 0.339 e. The lowest BCUT2D eigenvalue weighted by Crippen LogP contribution is -2.44. The van der Waals surface area contributed by atoms with E-state index in [1.165, 1.54) is 18.6 Å². The zero-order chi connectivity index (χ0) is 20.4. The first-order valence-electron chi connectivity index (χ1n) is 10.1. The first kappa shape index (κ1) is 19.6. The van der Waals surface area contributed by atoms with Crippen LogP contribution in [0.15, 0.2) is 42.5 Å². The number of amides is 2. The van der Waals surface area contributed by atoms with Crippen molar-refractivity contribution < 1.29 is 14.0 Å². The first-order chi connectivity index (χ1) is 14.0. The fraction of sp³-hybridized carbons (Fsp3) is 0.391. The van der Waals surface area contributed by atoms with Crippen LogP contribution in [0.25, 0.3) is 0 Å². The minimum atomic E-state index is -0.571. The Morgan fingerprint density at radius 3 is 2.55 bits per heavy atom. The molecule has 2 saturated heterocycles. The van der Waals surface area contributed by atoms with Gasteiger partial charge in [0.1, 0.15) is 5.82 Å². The van der Waals surface area contributed by atoms with E-state index in [2.05, 4.69) is 10.6 Å². The van der Waals surface area contributed by atoms with Crippen LogP contribution in [-0.4, -0.2) is 42.9 Å². The van der Waals surface area contributed by atoms with Crippen molar-refractivity contribution in [2.75, 3.05) is 31.5 Å². The zero-order valence-electron chi connectivity index (χ0n) is 16.6. The summed E-state index contributed by atoms with van der Waals surface area (Å²) in [4.78, 5) is 27.4. The molecule has 2 aliphatic heterocycles. The van der Waals surface area contributed by atoms with E-state index in [0.717, 1.165) is 44.6 Å². The number of aryl methyl sites for hydroxylation is 1. The van der Waals surface area contributed by atoms with Gasteiger partial charge in [0, 0.05) is 30.9 Å². The van der Waals surface area contributed by atoms with E-state index in [9.17, 15) is 14.0 Å². The predicted molar refractivity (Wildman–Crippen MR) is 111 cm³/mol. The molecule has 29 heavy (non-hydrogen) atoms. The molecular formula is C23H26FN3O2. The zero-order valence-corrected chi connectivity index (χ0v) is 16.6. The normalized spacial score (nSPS) is 18.1. The lowest BCUT2D eigenvalue weighted by atomic mass is 9.78. The van der Waals surface area contributed by atoms with Gasteiger partial charge in [0.25, 0.3) is 11.8 Å². The van der Waals surface area contributed by atoms with Crippen molar-refractivity contribution in [1.82, 2.24) is 10.2 Å². The maximum absolute atomic E-state index is 13.9. The van der Waals surface area contributed by atoms with Crippen molar-refractivity contribution in [2.45, 2.75) is 26.2 Å². The molecule has 0 radical (unpaired) electrons. The van der Waals surface area contributed by atoms with Crippen LogP contribution in [-0.2, 0) is 0 Å². The molecule has 2 N–H and O–H groups in total. The highest BCUT2D eigenvalue weighted by Crippen LogP contribution is 2.37. The number of benzene rings is 2. The maximum Gasteiger partial charge on any atom is 0.258 e. The predicted octanol–water partition coefficient (Wildman–Crippen LogP) is 3.60. The minimum Gasteiger partial charge on any atom is -0.339 e. The number of hydrogen-bond acceptors (Lipinski definition) is 3. The standard InChI is InChI=1S/C23H26FN3O2/c1-16-6-7-17(14-20(16)26-21(28)18-4-2-3-5-19(18)24)22(29)27-12-9-23(10-13-27)8-11-25-15-23/h2-7,14,25H,8-13,15H2,1H3,(H,26,28). The second-order valence-electron chi connectivity index (χ2n) is 8.18. The fourth-order valence-electron chi connectivity index (χ4n) is 4.31. The first-order valence-corrected chi connectivity index (χ1v) is 10.1. The molecule has 0 aliphatic carbocycles. The van der Waals surface area contributed by atoms with Gasteiger partial charge in [-0.15, -0.1) is 0 Å². The number of nitrogens with zero attached hydrogens (tertiary/aromatic N) is 1. The number of nitrogens with one attached hydrogen (secondary N) is 2. The molecule has 2 heterocycles. The molecule has 0 bridgehead atoms. The topological polar surface area (TPSA) is 61.4 Å². The number of likely N-dealkylation sites (tertiary alicyclic amines) is 1. The number of hydrogen-bond donors (Lipinski definition) is 2. The van der Waals surface area contributed by atoms with Crippen LogP contribution in [0.5, 0.6) is 0 Å². The van der Waals surface area contributed by atoms with Gasteiger partial charge in [-0.25, -0.2) is 4.39 Å². The van der Waals surface area contributed by atoms with Gasteiger partial charge in [0.05, 0.1) is 5.56 Å². The highest BCUT2D eigenvalue weighted by molar-refractivity contribution is 6.05. The Morgan fingerprint density at radius 1 is 1.10 bits per heavy atom. The third-order valence-corrected chi connectivity index (χ3v) is 6.29. The average molecular weight is 395 g/mol. The van der Waals surface area contributed by atoms with Gasteiger partial charge in [-0.05, 0) is 68.0 Å².